The van der Waals surface area contributed by atoms with Crippen molar-refractivity contribution in [2.75, 3.05) is 26.4 Å². The molecule has 1 N–H and O–H groups in total. The zero-order valence-corrected chi connectivity index (χ0v) is 15.6. The smallest absolute Gasteiger partial charge is 0.306 e. The van der Waals surface area contributed by atoms with Crippen LogP contribution < -0.4 is 14.8 Å². The highest BCUT2D eigenvalue weighted by atomic mass is 16.6. The topological polar surface area (TPSA) is 73.9 Å². The number of nitrogens with one attached hydrogen (secondary N) is 1. The lowest BCUT2D eigenvalue weighted by atomic mass is 9.86. The van der Waals surface area contributed by atoms with E-state index >= 15 is 0 Å². The Morgan fingerprint density at radius 1 is 1.11 bits per heavy atom. The van der Waals surface area contributed by atoms with Crippen molar-refractivity contribution in [3.63, 3.8) is 0 Å². The van der Waals surface area contributed by atoms with Crippen molar-refractivity contribution < 1.29 is 23.8 Å². The highest BCUT2D eigenvalue weighted by Gasteiger charge is 2.40. The van der Waals surface area contributed by atoms with Crippen molar-refractivity contribution in [2.24, 2.45) is 17.8 Å². The third kappa shape index (κ3) is 4.54. The van der Waals surface area contributed by atoms with Crippen molar-refractivity contribution in [1.82, 2.24) is 5.32 Å². The third-order valence-electron chi connectivity index (χ3n) is 6.02. The van der Waals surface area contributed by atoms with E-state index in [1.807, 2.05) is 18.2 Å². The minimum absolute atomic E-state index is 0.194. The number of amides is 1. The third-order valence-corrected chi connectivity index (χ3v) is 6.02. The summed E-state index contributed by atoms with van der Waals surface area (Å²) in [6.45, 7) is 1.42. The van der Waals surface area contributed by atoms with Gasteiger partial charge in [-0.1, -0.05) is 12.5 Å². The normalized spacial score (nSPS) is 25.3. The average Bonchev–Trinajstić information content (AvgIpc) is 3.29. The summed E-state index contributed by atoms with van der Waals surface area (Å²) in [6, 6.07) is 5.80. The minimum Gasteiger partial charge on any atom is -0.486 e. The first kappa shape index (κ1) is 18.1. The molecule has 0 saturated heterocycles. The standard InChI is InChI=1S/C21H27NO5/c23-20(13-27-21(24)12-17-10-15-1-3-16(17)9-15)22-6-5-14-2-4-18-19(11-14)26-8-7-25-18/h2,4,11,15-17H,1,3,5-10,12-13H2,(H,22,23). The van der Waals surface area contributed by atoms with Gasteiger partial charge in [-0.15, -0.1) is 0 Å². The molecule has 3 aliphatic rings. The number of benzene rings is 1. The number of carbonyl (C=O) groups is 2. The predicted octanol–water partition coefficient (Wildman–Crippen LogP) is 2.49. The Morgan fingerprint density at radius 2 is 1.96 bits per heavy atom. The van der Waals surface area contributed by atoms with Crippen LogP contribution in [0.4, 0.5) is 0 Å². The second-order valence-corrected chi connectivity index (χ2v) is 7.88. The first-order chi connectivity index (χ1) is 13.2. The van der Waals surface area contributed by atoms with Crippen molar-refractivity contribution >= 4 is 11.9 Å². The Labute approximate surface area is 159 Å². The minimum atomic E-state index is -0.256. The molecule has 0 spiro atoms. The van der Waals surface area contributed by atoms with Gasteiger partial charge in [-0.3, -0.25) is 9.59 Å². The molecule has 6 heteroatoms. The van der Waals surface area contributed by atoms with Gasteiger partial charge in [0.15, 0.2) is 18.1 Å². The fourth-order valence-corrected chi connectivity index (χ4v) is 4.69. The van der Waals surface area contributed by atoms with E-state index in [-0.39, 0.29) is 18.5 Å². The maximum atomic E-state index is 12.0. The molecule has 2 aliphatic carbocycles. The fourth-order valence-electron chi connectivity index (χ4n) is 4.69. The van der Waals surface area contributed by atoms with Gasteiger partial charge in [-0.05, 0) is 61.1 Å². The Morgan fingerprint density at radius 3 is 2.74 bits per heavy atom. The summed E-state index contributed by atoms with van der Waals surface area (Å²) in [5.41, 5.74) is 1.06. The number of hydrogen-bond donors (Lipinski definition) is 1. The van der Waals surface area contributed by atoms with E-state index in [9.17, 15) is 9.59 Å². The first-order valence-electron chi connectivity index (χ1n) is 9.98. The van der Waals surface area contributed by atoms with E-state index in [4.69, 9.17) is 14.2 Å². The van der Waals surface area contributed by atoms with Gasteiger partial charge in [0.05, 0.1) is 0 Å². The molecule has 1 heterocycles. The second kappa shape index (κ2) is 8.19. The maximum absolute atomic E-state index is 12.0. The molecule has 3 unspecified atom stereocenters. The summed E-state index contributed by atoms with van der Waals surface area (Å²) in [4.78, 5) is 23.9. The number of fused-ring (bicyclic) bond motifs is 3. The number of esters is 1. The molecule has 2 fully saturated rings. The molecule has 1 aromatic carbocycles. The second-order valence-electron chi connectivity index (χ2n) is 7.88. The van der Waals surface area contributed by atoms with E-state index in [1.54, 1.807) is 0 Å². The Balaban J connectivity index is 1.13. The molecule has 1 amide bonds. The summed E-state index contributed by atoms with van der Waals surface area (Å²) in [7, 11) is 0. The zero-order chi connectivity index (χ0) is 18.6. The molecule has 6 nitrogen and oxygen atoms in total. The Kier molecular flexibility index (Phi) is 5.50. The lowest BCUT2D eigenvalue weighted by Gasteiger charge is -2.20. The first-order valence-corrected chi connectivity index (χ1v) is 9.98. The highest BCUT2D eigenvalue weighted by Crippen LogP contribution is 2.49. The van der Waals surface area contributed by atoms with Gasteiger partial charge in [0.1, 0.15) is 13.2 Å². The number of ether oxygens (including phenoxy) is 3. The van der Waals surface area contributed by atoms with Gasteiger partial charge in [0, 0.05) is 13.0 Å². The molecule has 3 atom stereocenters. The van der Waals surface area contributed by atoms with Crippen LogP contribution in [0.3, 0.4) is 0 Å². The van der Waals surface area contributed by atoms with Crippen LogP contribution >= 0.6 is 0 Å². The molecular formula is C21H27NO5. The monoisotopic (exact) mass is 373 g/mol. The molecule has 0 radical (unpaired) electrons. The molecule has 0 aromatic heterocycles. The Hall–Kier alpha value is -2.24. The SMILES string of the molecule is O=C(COC(=O)CC1CC2CCC1C2)NCCc1ccc2c(c1)OCCO2. The van der Waals surface area contributed by atoms with Crippen LogP contribution in [0.5, 0.6) is 11.5 Å². The highest BCUT2D eigenvalue weighted by molar-refractivity contribution is 5.80. The summed E-state index contributed by atoms with van der Waals surface area (Å²) in [5.74, 6) is 2.99. The van der Waals surface area contributed by atoms with Crippen molar-refractivity contribution in [3.05, 3.63) is 23.8 Å². The molecule has 1 aliphatic heterocycles. The zero-order valence-electron chi connectivity index (χ0n) is 15.6. The maximum Gasteiger partial charge on any atom is 0.306 e. The van der Waals surface area contributed by atoms with E-state index < -0.39 is 0 Å². The van der Waals surface area contributed by atoms with Gasteiger partial charge in [0.25, 0.3) is 5.91 Å². The largest absolute Gasteiger partial charge is 0.486 e. The van der Waals surface area contributed by atoms with Gasteiger partial charge in [0.2, 0.25) is 0 Å². The number of hydrogen-bond acceptors (Lipinski definition) is 5. The van der Waals surface area contributed by atoms with Crippen molar-refractivity contribution in [1.29, 1.82) is 0 Å². The predicted molar refractivity (Wildman–Crippen MR) is 98.7 cm³/mol. The number of rotatable bonds is 7. The van der Waals surface area contributed by atoms with Crippen LogP contribution in [0.15, 0.2) is 18.2 Å². The molecule has 146 valence electrons. The number of carbonyl (C=O) groups excluding carboxylic acids is 2. The van der Waals surface area contributed by atoms with Crippen LogP contribution in [0.1, 0.15) is 37.7 Å². The van der Waals surface area contributed by atoms with Gasteiger partial charge in [-0.2, -0.15) is 0 Å². The molecule has 1 aromatic rings. The summed E-state index contributed by atoms with van der Waals surface area (Å²) < 4.78 is 16.2. The van der Waals surface area contributed by atoms with Crippen molar-refractivity contribution in [3.8, 4) is 11.5 Å². The molecular weight excluding hydrogens is 346 g/mol. The Bertz CT molecular complexity index is 704. The lowest BCUT2D eigenvalue weighted by molar-refractivity contribution is -0.149. The molecule has 2 bridgehead atoms. The molecule has 4 rings (SSSR count). The summed E-state index contributed by atoms with van der Waals surface area (Å²) >= 11 is 0. The lowest BCUT2D eigenvalue weighted by Crippen LogP contribution is -2.31. The van der Waals surface area contributed by atoms with E-state index in [0.717, 1.165) is 29.4 Å². The van der Waals surface area contributed by atoms with Crippen LogP contribution in [0.2, 0.25) is 0 Å². The van der Waals surface area contributed by atoms with Crippen LogP contribution in [-0.4, -0.2) is 38.2 Å². The molecule has 27 heavy (non-hydrogen) atoms. The van der Waals surface area contributed by atoms with Gasteiger partial charge in [-0.25, -0.2) is 0 Å². The van der Waals surface area contributed by atoms with Crippen LogP contribution in [-0.2, 0) is 20.7 Å². The van der Waals surface area contributed by atoms with Crippen LogP contribution in [0.25, 0.3) is 0 Å². The summed E-state index contributed by atoms with van der Waals surface area (Å²) in [5, 5.41) is 2.80. The van der Waals surface area contributed by atoms with Gasteiger partial charge >= 0.3 is 5.97 Å². The quantitative estimate of drug-likeness (QED) is 0.744. The average molecular weight is 373 g/mol. The van der Waals surface area contributed by atoms with Gasteiger partial charge < -0.3 is 19.5 Å². The molecule has 2 saturated carbocycles. The van der Waals surface area contributed by atoms with E-state index in [2.05, 4.69) is 5.32 Å². The summed E-state index contributed by atoms with van der Waals surface area (Å²) in [6.07, 6.45) is 6.15. The fraction of sp³-hybridized carbons (Fsp3) is 0.619. The van der Waals surface area contributed by atoms with E-state index in [0.29, 0.717) is 44.4 Å². The van der Waals surface area contributed by atoms with Crippen LogP contribution in [0, 0.1) is 17.8 Å². The van der Waals surface area contributed by atoms with Crippen molar-refractivity contribution in [2.45, 2.75) is 38.5 Å². The van der Waals surface area contributed by atoms with E-state index in [1.165, 1.54) is 19.3 Å².